The number of carbonyl (C=O) groups is 3. The number of nitrogens with zero attached hydrogens (tertiary/aromatic N) is 1. The predicted molar refractivity (Wildman–Crippen MR) is 153 cm³/mol. The fourth-order valence-electron chi connectivity index (χ4n) is 7.11. The van der Waals surface area contributed by atoms with Gasteiger partial charge in [-0.15, -0.1) is 0 Å². The maximum absolute atomic E-state index is 14.1. The molecule has 7 N–H and O–H groups in total. The van der Waals surface area contributed by atoms with Crippen LogP contribution in [0.25, 0.3) is 16.9 Å². The summed E-state index contributed by atoms with van der Waals surface area (Å²) >= 11 is 0. The number of likely N-dealkylation sites (N-methyl/N-ethyl adjacent to an activating group) is 1. The Hall–Kier alpha value is -3.51. The fraction of sp³-hybridized carbons (Fsp3) is 0.516. The average molecular weight is 582 g/mol. The number of aliphatic hydroxyl groups is 3. The van der Waals surface area contributed by atoms with Gasteiger partial charge >= 0.3 is 0 Å². The van der Waals surface area contributed by atoms with Gasteiger partial charge in [0.2, 0.25) is 11.7 Å². The topological polar surface area (TPSA) is 187 Å². The van der Waals surface area contributed by atoms with Crippen molar-refractivity contribution < 1.29 is 39.2 Å². The Bertz CT molecular complexity index is 1470. The molecule has 2 unspecified atom stereocenters. The molecule has 0 spiro atoms. The minimum atomic E-state index is -2.69. The van der Waals surface area contributed by atoms with Crippen molar-refractivity contribution in [2.75, 3.05) is 20.6 Å². The lowest BCUT2D eigenvalue weighted by Crippen LogP contribution is -2.73. The normalized spacial score (nSPS) is 29.4. The van der Waals surface area contributed by atoms with Crippen LogP contribution < -0.4 is 11.1 Å². The van der Waals surface area contributed by atoms with Gasteiger partial charge in [-0.25, -0.2) is 0 Å². The zero-order chi connectivity index (χ0) is 30.9. The van der Waals surface area contributed by atoms with E-state index in [2.05, 4.69) is 26.1 Å². The number of Topliss-reactive ketones (excluding diaryl/α,β-unsaturated/α-hetero) is 2. The number of phenolic OH excluding ortho intramolecular Hbond substituents is 1. The van der Waals surface area contributed by atoms with Crippen LogP contribution in [0.15, 0.2) is 34.6 Å². The van der Waals surface area contributed by atoms with E-state index in [1.807, 2.05) is 6.07 Å². The SMILES string of the molecule is CN(C)[C@H]1C(O)C(C(N)=O)C(=O)[C@]2(O)C(=O)C3=C(O)c4c(O)c(CNCC(C)(C)C)cc(-c5ccoc5)c4C[C@@H]3C[C@H]12. The Balaban J connectivity index is 1.68. The van der Waals surface area contributed by atoms with Gasteiger partial charge in [0, 0.05) is 41.7 Å². The number of carbonyl (C=O) groups excluding carboxylic acids is 3. The first-order chi connectivity index (χ1) is 19.6. The summed E-state index contributed by atoms with van der Waals surface area (Å²) in [5.41, 5.74) is 5.12. The zero-order valence-electron chi connectivity index (χ0n) is 24.5. The van der Waals surface area contributed by atoms with Gasteiger partial charge in [-0.3, -0.25) is 14.4 Å². The molecule has 0 aliphatic heterocycles. The molecule has 5 rings (SSSR count). The van der Waals surface area contributed by atoms with Crippen LogP contribution >= 0.6 is 0 Å². The first kappa shape index (κ1) is 30.0. The highest BCUT2D eigenvalue weighted by atomic mass is 16.3. The molecule has 0 bridgehead atoms. The molecule has 11 heteroatoms. The zero-order valence-corrected chi connectivity index (χ0v) is 24.5. The molecule has 2 fully saturated rings. The Morgan fingerprint density at radius 3 is 2.50 bits per heavy atom. The molecule has 226 valence electrons. The third-order valence-corrected chi connectivity index (χ3v) is 8.97. The number of amides is 1. The number of phenols is 1. The number of aromatic hydroxyl groups is 1. The summed E-state index contributed by atoms with van der Waals surface area (Å²) in [6.45, 7) is 7.13. The lowest BCUT2D eigenvalue weighted by molar-refractivity contribution is -0.184. The Labute approximate surface area is 244 Å². The smallest absolute Gasteiger partial charge is 0.230 e. The molecule has 1 heterocycles. The summed E-state index contributed by atoms with van der Waals surface area (Å²) in [7, 11) is 3.24. The van der Waals surface area contributed by atoms with E-state index in [1.165, 1.54) is 6.26 Å². The second-order valence-corrected chi connectivity index (χ2v) is 13.3. The number of aliphatic hydroxyl groups excluding tert-OH is 2. The van der Waals surface area contributed by atoms with Crippen LogP contribution in [0, 0.1) is 23.2 Å². The van der Waals surface area contributed by atoms with E-state index in [-0.39, 0.29) is 41.7 Å². The van der Waals surface area contributed by atoms with Gasteiger partial charge in [0.25, 0.3) is 0 Å². The molecule has 3 aliphatic rings. The largest absolute Gasteiger partial charge is 0.507 e. The number of hydrogen-bond acceptors (Lipinski definition) is 10. The van der Waals surface area contributed by atoms with Gasteiger partial charge < -0.3 is 40.8 Å². The molecule has 11 nitrogen and oxygen atoms in total. The van der Waals surface area contributed by atoms with Gasteiger partial charge in [-0.05, 0) is 61.5 Å². The molecule has 3 aliphatic carbocycles. The summed E-state index contributed by atoms with van der Waals surface area (Å²) in [4.78, 5) is 41.5. The lowest BCUT2D eigenvalue weighted by atomic mass is 9.54. The van der Waals surface area contributed by atoms with E-state index >= 15 is 0 Å². The Morgan fingerprint density at radius 2 is 1.93 bits per heavy atom. The standard InChI is InChI=1S/C31H39N3O8/c1-30(2,3)13-33-11-16-9-17(14-6-7-42-12-14)18-8-15-10-19-23(34(4)5)26(37)22(29(32)40)28(39)31(19,41)27(38)20(15)25(36)21(18)24(16)35/h6-7,9,12,15,19,22-23,26,33,35-37,41H,8,10-11,13H2,1-5H3,(H2,32,40)/t15-,19-,22?,23-,26?,31-/m1/s1. The van der Waals surface area contributed by atoms with E-state index in [1.54, 1.807) is 31.3 Å². The molecule has 1 amide bonds. The van der Waals surface area contributed by atoms with Gasteiger partial charge in [0.15, 0.2) is 11.4 Å². The van der Waals surface area contributed by atoms with Crippen molar-refractivity contribution in [3.8, 4) is 16.9 Å². The summed E-state index contributed by atoms with van der Waals surface area (Å²) < 4.78 is 5.34. The number of primary amides is 1. The lowest BCUT2D eigenvalue weighted by Gasteiger charge is -2.53. The van der Waals surface area contributed by atoms with Crippen LogP contribution in [0.1, 0.15) is 43.9 Å². The van der Waals surface area contributed by atoms with Crippen molar-refractivity contribution in [1.29, 1.82) is 0 Å². The highest BCUT2D eigenvalue weighted by Crippen LogP contribution is 2.53. The highest BCUT2D eigenvalue weighted by Gasteiger charge is 2.67. The van der Waals surface area contributed by atoms with E-state index in [0.717, 1.165) is 5.56 Å². The van der Waals surface area contributed by atoms with Gasteiger partial charge in [0.05, 0.1) is 24.2 Å². The van der Waals surface area contributed by atoms with Gasteiger partial charge in [-0.2, -0.15) is 0 Å². The summed E-state index contributed by atoms with van der Waals surface area (Å²) in [6, 6.07) is 2.65. The molecule has 1 aromatic heterocycles. The number of benzene rings is 1. The number of furan rings is 1. The first-order valence-corrected chi connectivity index (χ1v) is 14.1. The van der Waals surface area contributed by atoms with E-state index in [4.69, 9.17) is 10.2 Å². The summed E-state index contributed by atoms with van der Waals surface area (Å²) in [5, 5.41) is 49.3. The van der Waals surface area contributed by atoms with E-state index in [0.29, 0.717) is 23.2 Å². The van der Waals surface area contributed by atoms with Gasteiger partial charge in [0.1, 0.15) is 17.4 Å². The number of fused-ring (bicyclic) bond motifs is 3. The molecule has 2 saturated carbocycles. The molecule has 0 radical (unpaired) electrons. The molecule has 42 heavy (non-hydrogen) atoms. The second kappa shape index (κ2) is 10.3. The number of nitrogens with two attached hydrogens (primary N) is 1. The van der Waals surface area contributed by atoms with Crippen molar-refractivity contribution in [1.82, 2.24) is 10.2 Å². The van der Waals surface area contributed by atoms with Gasteiger partial charge in [-0.1, -0.05) is 20.8 Å². The van der Waals surface area contributed by atoms with Crippen LogP contribution in [-0.2, 0) is 27.3 Å². The van der Waals surface area contributed by atoms with Crippen LogP contribution in [0.5, 0.6) is 5.75 Å². The van der Waals surface area contributed by atoms with E-state index in [9.17, 15) is 34.8 Å². The van der Waals surface area contributed by atoms with Crippen molar-refractivity contribution in [3.63, 3.8) is 0 Å². The predicted octanol–water partition coefficient (Wildman–Crippen LogP) is 1.52. The highest BCUT2D eigenvalue weighted by molar-refractivity contribution is 6.25. The van der Waals surface area contributed by atoms with E-state index < -0.39 is 58.7 Å². The summed E-state index contributed by atoms with van der Waals surface area (Å²) in [6.07, 6.45) is 1.81. The maximum Gasteiger partial charge on any atom is 0.230 e. The van der Waals surface area contributed by atoms with Crippen LogP contribution in [0.2, 0.25) is 0 Å². The van der Waals surface area contributed by atoms with Crippen molar-refractivity contribution >= 4 is 23.2 Å². The molecular weight excluding hydrogens is 542 g/mol. The quantitative estimate of drug-likeness (QED) is 0.273. The monoisotopic (exact) mass is 581 g/mol. The first-order valence-electron chi connectivity index (χ1n) is 14.1. The minimum Gasteiger partial charge on any atom is -0.507 e. The molecule has 6 atom stereocenters. The third-order valence-electron chi connectivity index (χ3n) is 8.97. The Kier molecular flexibility index (Phi) is 7.38. The van der Waals surface area contributed by atoms with Crippen LogP contribution in [0.3, 0.4) is 0 Å². The second-order valence-electron chi connectivity index (χ2n) is 13.3. The molecule has 2 aromatic rings. The third kappa shape index (κ3) is 4.55. The molecule has 1 aromatic carbocycles. The number of ketones is 2. The van der Waals surface area contributed by atoms with Crippen LogP contribution in [-0.4, -0.2) is 81.2 Å². The summed E-state index contributed by atoms with van der Waals surface area (Å²) in [5.74, 6) is -7.62. The van der Waals surface area contributed by atoms with Crippen molar-refractivity contribution in [2.24, 2.45) is 28.9 Å². The molecule has 0 saturated heterocycles. The van der Waals surface area contributed by atoms with Crippen LogP contribution in [0.4, 0.5) is 0 Å². The van der Waals surface area contributed by atoms with Crippen molar-refractivity contribution in [2.45, 2.75) is 57.9 Å². The number of rotatable bonds is 6. The Morgan fingerprint density at radius 1 is 1.24 bits per heavy atom. The number of hydrogen-bond donors (Lipinski definition) is 6. The minimum absolute atomic E-state index is 0.0254. The molecular formula is C31H39N3O8. The van der Waals surface area contributed by atoms with Crippen molar-refractivity contribution in [3.05, 3.63) is 46.9 Å². The maximum atomic E-state index is 14.1. The fourth-order valence-corrected chi connectivity index (χ4v) is 7.11. The average Bonchev–Trinajstić information content (AvgIpc) is 3.41. The number of nitrogens with one attached hydrogen (secondary N) is 1.